The fraction of sp³-hybridized carbons (Fsp3) is 0.267. The summed E-state index contributed by atoms with van der Waals surface area (Å²) in [4.78, 5) is 28.7. The van der Waals surface area contributed by atoms with Crippen molar-refractivity contribution < 1.29 is 23.1 Å². The molecule has 0 unspecified atom stereocenters. The molecule has 1 saturated heterocycles. The van der Waals surface area contributed by atoms with Crippen LogP contribution in [0.15, 0.2) is 23.6 Å². The minimum atomic E-state index is -0.591. The highest BCUT2D eigenvalue weighted by Gasteiger charge is 2.22. The van der Waals surface area contributed by atoms with Crippen LogP contribution in [0.2, 0.25) is 0 Å². The number of rotatable bonds is 5. The molecule has 1 aromatic carbocycles. The molecule has 2 amide bonds. The second-order valence-corrected chi connectivity index (χ2v) is 5.92. The van der Waals surface area contributed by atoms with Crippen LogP contribution in [-0.2, 0) is 9.53 Å². The molecule has 2 heterocycles. The van der Waals surface area contributed by atoms with Crippen molar-refractivity contribution in [2.24, 2.45) is 0 Å². The molecule has 1 aliphatic heterocycles. The summed E-state index contributed by atoms with van der Waals surface area (Å²) >= 11 is 1.11. The summed E-state index contributed by atoms with van der Waals surface area (Å²) in [6, 6.07) is 3.10. The number of cyclic esters (lactones) is 1. The van der Waals surface area contributed by atoms with Crippen LogP contribution in [0.25, 0.3) is 11.3 Å². The van der Waals surface area contributed by atoms with Crippen LogP contribution in [-0.4, -0.2) is 41.6 Å². The number of ether oxygens (including phenoxy) is 1. The molecule has 3 rings (SSSR count). The van der Waals surface area contributed by atoms with Gasteiger partial charge in [-0.2, -0.15) is 0 Å². The van der Waals surface area contributed by atoms with Crippen LogP contribution < -0.4 is 5.32 Å². The molecule has 9 heteroatoms. The molecule has 2 aromatic rings. The molecule has 1 aliphatic rings. The highest BCUT2D eigenvalue weighted by molar-refractivity contribution is 7.14. The smallest absolute Gasteiger partial charge is 0.409 e. The molecule has 0 bridgehead atoms. The topological polar surface area (TPSA) is 71.5 Å². The molecule has 1 aromatic heterocycles. The number of aromatic nitrogens is 1. The minimum absolute atomic E-state index is 0.0339. The lowest BCUT2D eigenvalue weighted by Crippen LogP contribution is -2.28. The third-order valence-electron chi connectivity index (χ3n) is 3.41. The summed E-state index contributed by atoms with van der Waals surface area (Å²) in [6.07, 6.45) is -0.334. The van der Waals surface area contributed by atoms with E-state index in [2.05, 4.69) is 10.3 Å². The summed E-state index contributed by atoms with van der Waals surface area (Å²) < 4.78 is 31.7. The van der Waals surface area contributed by atoms with E-state index in [1.807, 2.05) is 0 Å². The molecule has 0 atom stereocenters. The quantitative estimate of drug-likeness (QED) is 0.897. The van der Waals surface area contributed by atoms with E-state index in [0.29, 0.717) is 13.2 Å². The Balaban J connectivity index is 1.60. The Bertz CT molecular complexity index is 781. The van der Waals surface area contributed by atoms with E-state index in [-0.39, 0.29) is 35.3 Å². The first-order chi connectivity index (χ1) is 11.5. The largest absolute Gasteiger partial charge is 0.448 e. The second-order valence-electron chi connectivity index (χ2n) is 5.06. The number of benzene rings is 1. The van der Waals surface area contributed by atoms with Crippen molar-refractivity contribution in [2.45, 2.75) is 6.42 Å². The Morgan fingerprint density at radius 3 is 3.00 bits per heavy atom. The van der Waals surface area contributed by atoms with E-state index >= 15 is 0 Å². The lowest BCUT2D eigenvalue weighted by atomic mass is 10.1. The van der Waals surface area contributed by atoms with Crippen molar-refractivity contribution in [3.63, 3.8) is 0 Å². The maximum absolute atomic E-state index is 13.7. The number of thiazole rings is 1. The standard InChI is InChI=1S/C15H13F2N3O3S/c16-9-1-2-11(17)10(7-9)12-8-24-14(18-12)19-13(21)3-4-20-5-6-23-15(20)22/h1-2,7-8H,3-6H2,(H,18,19,21). The van der Waals surface area contributed by atoms with Gasteiger partial charge in [0.1, 0.15) is 18.2 Å². The molecule has 1 N–H and O–H groups in total. The van der Waals surface area contributed by atoms with Crippen molar-refractivity contribution in [1.82, 2.24) is 9.88 Å². The van der Waals surface area contributed by atoms with Gasteiger partial charge in [-0.1, -0.05) is 0 Å². The van der Waals surface area contributed by atoms with E-state index in [9.17, 15) is 18.4 Å². The molecule has 0 aliphatic carbocycles. The lowest BCUT2D eigenvalue weighted by Gasteiger charge is -2.11. The maximum atomic E-state index is 13.7. The molecular weight excluding hydrogens is 340 g/mol. The van der Waals surface area contributed by atoms with Gasteiger partial charge in [-0.3, -0.25) is 4.79 Å². The molecule has 126 valence electrons. The van der Waals surface area contributed by atoms with Crippen LogP contribution >= 0.6 is 11.3 Å². The Labute approximate surface area is 140 Å². The van der Waals surface area contributed by atoms with E-state index < -0.39 is 17.7 Å². The van der Waals surface area contributed by atoms with Crippen molar-refractivity contribution >= 4 is 28.5 Å². The zero-order valence-corrected chi connectivity index (χ0v) is 13.2. The predicted octanol–water partition coefficient (Wildman–Crippen LogP) is 2.87. The summed E-state index contributed by atoms with van der Waals surface area (Å²) in [7, 11) is 0. The van der Waals surface area contributed by atoms with E-state index in [0.717, 1.165) is 29.5 Å². The zero-order chi connectivity index (χ0) is 17.1. The van der Waals surface area contributed by atoms with Crippen LogP contribution in [0.3, 0.4) is 0 Å². The van der Waals surface area contributed by atoms with Gasteiger partial charge in [0.05, 0.1) is 12.2 Å². The molecule has 1 fully saturated rings. The number of carbonyl (C=O) groups excluding carboxylic acids is 2. The summed E-state index contributed by atoms with van der Waals surface area (Å²) in [5, 5.41) is 4.39. The average Bonchev–Trinajstić information content (AvgIpc) is 3.17. The second kappa shape index (κ2) is 6.91. The Morgan fingerprint density at radius 1 is 1.42 bits per heavy atom. The highest BCUT2D eigenvalue weighted by Crippen LogP contribution is 2.27. The van der Waals surface area contributed by atoms with Gasteiger partial charge in [0.25, 0.3) is 0 Å². The first-order valence-corrected chi connectivity index (χ1v) is 8.03. The van der Waals surface area contributed by atoms with E-state index in [4.69, 9.17) is 4.74 Å². The number of amides is 2. The van der Waals surface area contributed by atoms with E-state index in [1.165, 1.54) is 10.3 Å². The Morgan fingerprint density at radius 2 is 2.25 bits per heavy atom. The molecule has 0 saturated carbocycles. The fourth-order valence-corrected chi connectivity index (χ4v) is 2.92. The van der Waals surface area contributed by atoms with Crippen LogP contribution in [0.1, 0.15) is 6.42 Å². The SMILES string of the molecule is O=C(CCN1CCOC1=O)Nc1nc(-c2cc(F)ccc2F)cs1. The van der Waals surface area contributed by atoms with Gasteiger partial charge < -0.3 is 15.0 Å². The van der Waals surface area contributed by atoms with Crippen LogP contribution in [0.5, 0.6) is 0 Å². The monoisotopic (exact) mass is 353 g/mol. The number of carbonyl (C=O) groups is 2. The summed E-state index contributed by atoms with van der Waals surface area (Å²) in [5.41, 5.74) is 0.280. The third-order valence-corrected chi connectivity index (χ3v) is 4.17. The van der Waals surface area contributed by atoms with Crippen LogP contribution in [0.4, 0.5) is 18.7 Å². The molecule has 6 nitrogen and oxygen atoms in total. The van der Waals surface area contributed by atoms with Gasteiger partial charge in [-0.25, -0.2) is 18.6 Å². The minimum Gasteiger partial charge on any atom is -0.448 e. The van der Waals surface area contributed by atoms with Gasteiger partial charge in [0.2, 0.25) is 5.91 Å². The lowest BCUT2D eigenvalue weighted by molar-refractivity contribution is -0.116. The maximum Gasteiger partial charge on any atom is 0.409 e. The zero-order valence-electron chi connectivity index (χ0n) is 12.4. The number of hydrogen-bond acceptors (Lipinski definition) is 5. The molecule has 0 spiro atoms. The van der Waals surface area contributed by atoms with Crippen molar-refractivity contribution in [3.8, 4) is 11.3 Å². The molecular formula is C15H13F2N3O3S. The summed E-state index contributed by atoms with van der Waals surface area (Å²) in [6.45, 7) is 1.04. The number of anilines is 1. The Hall–Kier alpha value is -2.55. The predicted molar refractivity (Wildman–Crippen MR) is 83.6 cm³/mol. The van der Waals surface area contributed by atoms with E-state index in [1.54, 1.807) is 0 Å². The van der Waals surface area contributed by atoms with Crippen molar-refractivity contribution in [2.75, 3.05) is 25.0 Å². The first-order valence-electron chi connectivity index (χ1n) is 7.15. The number of nitrogens with zero attached hydrogens (tertiary/aromatic N) is 2. The summed E-state index contributed by atoms with van der Waals surface area (Å²) in [5.74, 6) is -1.48. The van der Waals surface area contributed by atoms with Crippen molar-refractivity contribution in [1.29, 1.82) is 0 Å². The highest BCUT2D eigenvalue weighted by atomic mass is 32.1. The normalized spacial score (nSPS) is 13.9. The van der Waals surface area contributed by atoms with Crippen molar-refractivity contribution in [3.05, 3.63) is 35.2 Å². The Kier molecular flexibility index (Phi) is 4.70. The van der Waals surface area contributed by atoms with Gasteiger partial charge in [0, 0.05) is 23.9 Å². The first kappa shape index (κ1) is 16.3. The van der Waals surface area contributed by atoms with Crippen LogP contribution in [0, 0.1) is 11.6 Å². The number of halogens is 2. The molecule has 0 radical (unpaired) electrons. The number of hydrogen-bond donors (Lipinski definition) is 1. The van der Waals surface area contributed by atoms with Gasteiger partial charge in [-0.15, -0.1) is 11.3 Å². The van der Waals surface area contributed by atoms with Gasteiger partial charge in [-0.05, 0) is 18.2 Å². The average molecular weight is 353 g/mol. The third kappa shape index (κ3) is 3.67. The fourth-order valence-electron chi connectivity index (χ4n) is 2.20. The van der Waals surface area contributed by atoms with Gasteiger partial charge >= 0.3 is 6.09 Å². The number of nitrogens with one attached hydrogen (secondary N) is 1. The van der Waals surface area contributed by atoms with Gasteiger partial charge in [0.15, 0.2) is 5.13 Å². The molecule has 24 heavy (non-hydrogen) atoms.